The quantitative estimate of drug-likeness (QED) is 0.0719. The summed E-state index contributed by atoms with van der Waals surface area (Å²) in [5.74, 6) is 0. The van der Waals surface area contributed by atoms with Crippen molar-refractivity contribution in [2.75, 3.05) is 13.1 Å². The summed E-state index contributed by atoms with van der Waals surface area (Å²) in [7, 11) is 0. The van der Waals surface area contributed by atoms with Gasteiger partial charge in [-0.05, 0) is 25.7 Å². The van der Waals surface area contributed by atoms with Crippen LogP contribution in [-0.2, 0) is 0 Å². The van der Waals surface area contributed by atoms with Gasteiger partial charge in [-0.25, -0.2) is 0 Å². The normalized spacial score (nSPS) is 13.7. The maximum Gasteiger partial charge on any atom is 0.101 e. The number of rotatable bonds is 33. The van der Waals surface area contributed by atoms with Gasteiger partial charge in [0.05, 0.1) is 0 Å². The van der Waals surface area contributed by atoms with Gasteiger partial charge in [0, 0.05) is 25.5 Å². The fourth-order valence-electron chi connectivity index (χ4n) is 6.72. The van der Waals surface area contributed by atoms with Crippen LogP contribution in [0.1, 0.15) is 220 Å². The Bertz CT molecular complexity index is 492. The van der Waals surface area contributed by atoms with Crippen LogP contribution >= 0.6 is 0 Å². The highest BCUT2D eigenvalue weighted by Crippen LogP contribution is 2.24. The SMILES string of the molecule is CCCCCCCCCCCCCCN1C=CN(CCCCCCCCCCCCCC)C1CCCCCCCC. The van der Waals surface area contributed by atoms with Crippen molar-refractivity contribution in [1.82, 2.24) is 9.80 Å². The Hall–Kier alpha value is -0.660. The van der Waals surface area contributed by atoms with Crippen LogP contribution in [0.2, 0.25) is 0 Å². The summed E-state index contributed by atoms with van der Waals surface area (Å²) < 4.78 is 0. The maximum absolute atomic E-state index is 2.71. The average molecular weight is 575 g/mol. The predicted octanol–water partition coefficient (Wildman–Crippen LogP) is 13.6. The van der Waals surface area contributed by atoms with Crippen LogP contribution in [0.4, 0.5) is 0 Å². The van der Waals surface area contributed by atoms with Gasteiger partial charge in [-0.2, -0.15) is 0 Å². The van der Waals surface area contributed by atoms with E-state index < -0.39 is 0 Å². The predicted molar refractivity (Wildman–Crippen MR) is 186 cm³/mol. The van der Waals surface area contributed by atoms with Gasteiger partial charge in [0.1, 0.15) is 6.17 Å². The Morgan fingerprint density at radius 2 is 0.561 bits per heavy atom. The first-order valence-corrected chi connectivity index (χ1v) is 19.5. The van der Waals surface area contributed by atoms with Gasteiger partial charge in [0.2, 0.25) is 0 Å². The summed E-state index contributed by atoms with van der Waals surface area (Å²) in [5.41, 5.74) is 0. The second-order valence-electron chi connectivity index (χ2n) is 13.6. The van der Waals surface area contributed by atoms with Gasteiger partial charge >= 0.3 is 0 Å². The van der Waals surface area contributed by atoms with Gasteiger partial charge in [-0.1, -0.05) is 194 Å². The van der Waals surface area contributed by atoms with Crippen molar-refractivity contribution in [3.63, 3.8) is 0 Å². The molecule has 0 radical (unpaired) electrons. The molecule has 0 N–H and O–H groups in total. The molecular weight excluding hydrogens is 496 g/mol. The monoisotopic (exact) mass is 575 g/mol. The summed E-state index contributed by atoms with van der Waals surface area (Å²) in [6.45, 7) is 9.48. The Balaban J connectivity index is 2.17. The average Bonchev–Trinajstić information content (AvgIpc) is 3.37. The van der Waals surface area contributed by atoms with E-state index in [9.17, 15) is 0 Å². The van der Waals surface area contributed by atoms with Crippen LogP contribution in [0, 0.1) is 0 Å². The molecule has 1 heterocycles. The lowest BCUT2D eigenvalue weighted by atomic mass is 10.0. The molecular formula is C39H78N2. The van der Waals surface area contributed by atoms with E-state index in [4.69, 9.17) is 0 Å². The van der Waals surface area contributed by atoms with Crippen LogP contribution in [0.3, 0.4) is 0 Å². The summed E-state index contributed by atoms with van der Waals surface area (Å²) in [6, 6.07) is 0. The smallest absolute Gasteiger partial charge is 0.101 e. The molecule has 0 fully saturated rings. The molecule has 0 aromatic heterocycles. The van der Waals surface area contributed by atoms with Crippen molar-refractivity contribution in [2.45, 2.75) is 226 Å². The van der Waals surface area contributed by atoms with Gasteiger partial charge in [0.15, 0.2) is 0 Å². The van der Waals surface area contributed by atoms with Gasteiger partial charge in [-0.3, -0.25) is 0 Å². The fraction of sp³-hybridized carbons (Fsp3) is 0.949. The van der Waals surface area contributed by atoms with Crippen LogP contribution in [-0.4, -0.2) is 29.1 Å². The highest BCUT2D eigenvalue weighted by Gasteiger charge is 2.24. The molecule has 244 valence electrons. The molecule has 0 spiro atoms. The van der Waals surface area contributed by atoms with Crippen LogP contribution in [0.25, 0.3) is 0 Å². The van der Waals surface area contributed by atoms with Crippen LogP contribution in [0.15, 0.2) is 12.4 Å². The van der Waals surface area contributed by atoms with E-state index >= 15 is 0 Å². The minimum absolute atomic E-state index is 0.640. The maximum atomic E-state index is 2.71. The highest BCUT2D eigenvalue weighted by molar-refractivity contribution is 4.97. The number of nitrogens with zero attached hydrogens (tertiary/aromatic N) is 2. The standard InChI is InChI=1S/C39H78N2/c1-4-7-10-13-16-18-20-22-24-26-29-32-35-40-37-38-41(39(40)34-31-28-15-12-9-6-3)36-33-30-27-25-23-21-19-17-14-11-8-5-2/h37-39H,4-36H2,1-3H3. The third kappa shape index (κ3) is 23.5. The second-order valence-corrected chi connectivity index (χ2v) is 13.6. The van der Waals surface area contributed by atoms with E-state index in [1.54, 1.807) is 0 Å². The third-order valence-corrected chi connectivity index (χ3v) is 9.57. The van der Waals surface area contributed by atoms with Crippen molar-refractivity contribution in [3.8, 4) is 0 Å². The first-order chi connectivity index (χ1) is 20.3. The number of hydrogen-bond donors (Lipinski definition) is 0. The summed E-state index contributed by atoms with van der Waals surface area (Å²) in [4.78, 5) is 5.42. The topological polar surface area (TPSA) is 6.48 Å². The zero-order valence-corrected chi connectivity index (χ0v) is 29.0. The summed E-state index contributed by atoms with van der Waals surface area (Å²) in [5, 5.41) is 0. The number of unbranched alkanes of at least 4 members (excludes halogenated alkanes) is 27. The molecule has 1 rings (SSSR count). The molecule has 0 unspecified atom stereocenters. The molecule has 1 aliphatic heterocycles. The Morgan fingerprint density at radius 3 is 0.854 bits per heavy atom. The van der Waals surface area contributed by atoms with Crippen molar-refractivity contribution in [1.29, 1.82) is 0 Å². The van der Waals surface area contributed by atoms with Crippen LogP contribution in [0.5, 0.6) is 0 Å². The molecule has 0 atom stereocenters. The minimum Gasteiger partial charge on any atom is -0.356 e. The molecule has 1 aliphatic rings. The summed E-state index contributed by atoms with van der Waals surface area (Å²) >= 11 is 0. The Kier molecular flexibility index (Phi) is 28.8. The van der Waals surface area contributed by atoms with Gasteiger partial charge < -0.3 is 9.80 Å². The lowest BCUT2D eigenvalue weighted by Crippen LogP contribution is -2.39. The molecule has 0 amide bonds. The fourth-order valence-corrected chi connectivity index (χ4v) is 6.72. The third-order valence-electron chi connectivity index (χ3n) is 9.57. The van der Waals surface area contributed by atoms with Crippen molar-refractivity contribution in [2.24, 2.45) is 0 Å². The lowest BCUT2D eigenvalue weighted by Gasteiger charge is -2.33. The van der Waals surface area contributed by atoms with E-state index in [2.05, 4.69) is 43.0 Å². The van der Waals surface area contributed by atoms with E-state index in [-0.39, 0.29) is 0 Å². The molecule has 2 nitrogen and oxygen atoms in total. The van der Waals surface area contributed by atoms with Crippen LogP contribution < -0.4 is 0 Å². The Labute approximate surface area is 260 Å². The van der Waals surface area contributed by atoms with E-state index in [0.717, 1.165) is 0 Å². The first kappa shape index (κ1) is 38.4. The van der Waals surface area contributed by atoms with Gasteiger partial charge in [0.25, 0.3) is 0 Å². The molecule has 0 aliphatic carbocycles. The molecule has 0 saturated carbocycles. The van der Waals surface area contributed by atoms with Crippen molar-refractivity contribution in [3.05, 3.63) is 12.4 Å². The number of hydrogen-bond acceptors (Lipinski definition) is 2. The van der Waals surface area contributed by atoms with Crippen molar-refractivity contribution < 1.29 is 0 Å². The first-order valence-electron chi connectivity index (χ1n) is 19.5. The molecule has 0 aromatic carbocycles. The largest absolute Gasteiger partial charge is 0.356 e. The lowest BCUT2D eigenvalue weighted by molar-refractivity contribution is 0.135. The van der Waals surface area contributed by atoms with E-state index in [0.29, 0.717) is 6.17 Å². The van der Waals surface area contributed by atoms with E-state index in [1.807, 2.05) is 0 Å². The molecule has 0 bridgehead atoms. The highest BCUT2D eigenvalue weighted by atomic mass is 15.4. The molecule has 41 heavy (non-hydrogen) atoms. The zero-order valence-electron chi connectivity index (χ0n) is 29.0. The Morgan fingerprint density at radius 1 is 0.317 bits per heavy atom. The molecule has 0 aromatic rings. The van der Waals surface area contributed by atoms with Gasteiger partial charge in [-0.15, -0.1) is 0 Å². The molecule has 2 heteroatoms. The minimum atomic E-state index is 0.640. The second kappa shape index (κ2) is 30.8. The molecule has 0 saturated heterocycles. The zero-order chi connectivity index (χ0) is 29.5. The van der Waals surface area contributed by atoms with E-state index in [1.165, 1.54) is 212 Å². The van der Waals surface area contributed by atoms with Crippen molar-refractivity contribution >= 4 is 0 Å². The summed E-state index contributed by atoms with van der Waals surface area (Å²) in [6.07, 6.45) is 49.9.